The number of thioether (sulfide) groups is 1. The fourth-order valence-corrected chi connectivity index (χ4v) is 4.60. The van der Waals surface area contributed by atoms with Gasteiger partial charge in [0.1, 0.15) is 5.82 Å². The number of carbonyl (C=O) groups excluding carboxylic acids is 3. The largest absolute Gasteiger partial charge is 0.462 e. The molecule has 0 aliphatic rings. The third-order valence-corrected chi connectivity index (χ3v) is 6.74. The van der Waals surface area contributed by atoms with Gasteiger partial charge < -0.3 is 15.4 Å². The summed E-state index contributed by atoms with van der Waals surface area (Å²) in [5, 5.41) is 14.6. The fourth-order valence-electron chi connectivity index (χ4n) is 3.83. The maximum atomic E-state index is 13.6. The monoisotopic (exact) mass is 561 g/mol. The molecule has 1 aromatic heterocycles. The van der Waals surface area contributed by atoms with Gasteiger partial charge in [-0.15, -0.1) is 10.2 Å². The molecule has 0 fully saturated rings. The highest BCUT2D eigenvalue weighted by Gasteiger charge is 2.19. The lowest BCUT2D eigenvalue weighted by molar-refractivity contribution is -0.113. The van der Waals surface area contributed by atoms with E-state index in [0.717, 1.165) is 22.9 Å². The number of halogens is 1. The third kappa shape index (κ3) is 7.11. The standard InChI is InChI=1S/C29H28FN5O4S/c1-4-39-28(38)20-10-12-23(13-11-20)32-26(36)17-40-29-34-33-25(35(29)24-14-18(2)8-9-19(24)3)16-31-27(37)21-6-5-7-22(30)15-21/h5-15H,4,16-17H2,1-3H3,(H,31,37)(H,32,36). The highest BCUT2D eigenvalue weighted by Crippen LogP contribution is 2.25. The summed E-state index contributed by atoms with van der Waals surface area (Å²) >= 11 is 1.19. The minimum absolute atomic E-state index is 0.0370. The molecule has 40 heavy (non-hydrogen) atoms. The predicted molar refractivity (Wildman–Crippen MR) is 150 cm³/mol. The molecule has 1 heterocycles. The summed E-state index contributed by atoms with van der Waals surface area (Å²) in [6.45, 7) is 5.96. The number of esters is 1. The average Bonchev–Trinajstić information content (AvgIpc) is 3.35. The zero-order chi connectivity index (χ0) is 28.6. The molecule has 4 aromatic rings. The van der Waals surface area contributed by atoms with E-state index in [2.05, 4.69) is 20.8 Å². The van der Waals surface area contributed by atoms with Gasteiger partial charge in [-0.2, -0.15) is 0 Å². The molecule has 4 rings (SSSR count). The van der Waals surface area contributed by atoms with Gasteiger partial charge >= 0.3 is 5.97 Å². The van der Waals surface area contributed by atoms with Crippen molar-refractivity contribution in [3.8, 4) is 5.69 Å². The molecule has 2 amide bonds. The molecule has 0 aliphatic heterocycles. The molecule has 0 aliphatic carbocycles. The van der Waals surface area contributed by atoms with Crippen LogP contribution in [0.1, 0.15) is 44.6 Å². The predicted octanol–water partition coefficient (Wildman–Crippen LogP) is 4.86. The highest BCUT2D eigenvalue weighted by atomic mass is 32.2. The molecule has 206 valence electrons. The normalized spacial score (nSPS) is 10.7. The second kappa shape index (κ2) is 13.0. The van der Waals surface area contributed by atoms with Gasteiger partial charge in [0.05, 0.1) is 30.2 Å². The van der Waals surface area contributed by atoms with Crippen molar-refractivity contribution in [1.29, 1.82) is 0 Å². The summed E-state index contributed by atoms with van der Waals surface area (Å²) in [6.07, 6.45) is 0. The zero-order valence-electron chi connectivity index (χ0n) is 22.2. The molecule has 0 radical (unpaired) electrons. The number of hydrogen-bond donors (Lipinski definition) is 2. The van der Waals surface area contributed by atoms with Gasteiger partial charge in [0.15, 0.2) is 11.0 Å². The Kier molecular flexibility index (Phi) is 9.28. The number of anilines is 1. The highest BCUT2D eigenvalue weighted by molar-refractivity contribution is 7.99. The van der Waals surface area contributed by atoms with E-state index in [0.29, 0.717) is 22.2 Å². The van der Waals surface area contributed by atoms with Gasteiger partial charge in [-0.25, -0.2) is 9.18 Å². The lowest BCUT2D eigenvalue weighted by atomic mass is 10.1. The van der Waals surface area contributed by atoms with Gasteiger partial charge in [0, 0.05) is 11.3 Å². The van der Waals surface area contributed by atoms with E-state index in [4.69, 9.17) is 4.74 Å². The Bertz CT molecular complexity index is 1540. The molecule has 9 nitrogen and oxygen atoms in total. The van der Waals surface area contributed by atoms with Crippen LogP contribution in [0.15, 0.2) is 71.9 Å². The fraction of sp³-hybridized carbons (Fsp3) is 0.207. The van der Waals surface area contributed by atoms with Crippen LogP contribution in [-0.2, 0) is 16.1 Å². The average molecular weight is 562 g/mol. The van der Waals surface area contributed by atoms with Crippen LogP contribution in [0.25, 0.3) is 5.69 Å². The first-order valence-electron chi connectivity index (χ1n) is 12.5. The van der Waals surface area contributed by atoms with Crippen LogP contribution < -0.4 is 10.6 Å². The zero-order valence-corrected chi connectivity index (χ0v) is 23.0. The van der Waals surface area contributed by atoms with Crippen LogP contribution >= 0.6 is 11.8 Å². The van der Waals surface area contributed by atoms with Gasteiger partial charge in [-0.1, -0.05) is 30.0 Å². The molecule has 0 unspecified atom stereocenters. The molecule has 0 bridgehead atoms. The van der Waals surface area contributed by atoms with Gasteiger partial charge in [-0.3, -0.25) is 14.2 Å². The molecule has 2 N–H and O–H groups in total. The smallest absolute Gasteiger partial charge is 0.338 e. The molecule has 0 atom stereocenters. The van der Waals surface area contributed by atoms with Crippen molar-refractivity contribution in [1.82, 2.24) is 20.1 Å². The molecular formula is C29H28FN5O4S. The van der Waals surface area contributed by atoms with Crippen LogP contribution in [0.5, 0.6) is 0 Å². The van der Waals surface area contributed by atoms with Gasteiger partial charge in [-0.05, 0) is 80.4 Å². The molecule has 3 aromatic carbocycles. The molecule has 11 heteroatoms. The summed E-state index contributed by atoms with van der Waals surface area (Å²) in [7, 11) is 0. The van der Waals surface area contributed by atoms with Gasteiger partial charge in [0.25, 0.3) is 5.91 Å². The second-order valence-electron chi connectivity index (χ2n) is 8.85. The lowest BCUT2D eigenvalue weighted by Crippen LogP contribution is -2.25. The van der Waals surface area contributed by atoms with E-state index in [1.165, 1.54) is 30.0 Å². The van der Waals surface area contributed by atoms with E-state index in [9.17, 15) is 18.8 Å². The lowest BCUT2D eigenvalue weighted by Gasteiger charge is -2.14. The number of nitrogens with one attached hydrogen (secondary N) is 2. The SMILES string of the molecule is CCOC(=O)c1ccc(NC(=O)CSc2nnc(CNC(=O)c3cccc(F)c3)n2-c2cc(C)ccc2C)cc1. The van der Waals surface area contributed by atoms with Crippen LogP contribution in [-0.4, -0.2) is 44.9 Å². The quantitative estimate of drug-likeness (QED) is 0.210. The summed E-state index contributed by atoms with van der Waals surface area (Å²) in [4.78, 5) is 37.2. The van der Waals surface area contributed by atoms with Crippen molar-refractivity contribution in [2.45, 2.75) is 32.5 Å². The molecule has 0 spiro atoms. The van der Waals surface area contributed by atoms with Crippen LogP contribution in [0.3, 0.4) is 0 Å². The first-order chi connectivity index (χ1) is 19.2. The summed E-state index contributed by atoms with van der Waals surface area (Å²) in [5.74, 6) is -1.15. The van der Waals surface area contributed by atoms with Crippen molar-refractivity contribution in [3.63, 3.8) is 0 Å². The summed E-state index contributed by atoms with van der Waals surface area (Å²) in [6, 6.07) is 17.8. The number of rotatable bonds is 10. The number of amides is 2. The first-order valence-corrected chi connectivity index (χ1v) is 13.5. The number of benzene rings is 3. The Morgan fingerprint density at radius 1 is 0.975 bits per heavy atom. The Hall–Kier alpha value is -4.51. The maximum absolute atomic E-state index is 13.6. The summed E-state index contributed by atoms with van der Waals surface area (Å²) in [5.41, 5.74) is 3.92. The number of ether oxygens (including phenoxy) is 1. The summed E-state index contributed by atoms with van der Waals surface area (Å²) < 4.78 is 20.3. The van der Waals surface area contributed by atoms with Crippen molar-refractivity contribution in [3.05, 3.63) is 101 Å². The Balaban J connectivity index is 1.49. The number of nitrogens with zero attached hydrogens (tertiary/aromatic N) is 3. The Labute approximate surface area is 235 Å². The van der Waals surface area contributed by atoms with Crippen LogP contribution in [0.2, 0.25) is 0 Å². The van der Waals surface area contributed by atoms with E-state index in [-0.39, 0.29) is 30.4 Å². The van der Waals surface area contributed by atoms with E-state index in [1.807, 2.05) is 32.0 Å². The second-order valence-corrected chi connectivity index (χ2v) is 9.79. The number of aryl methyl sites for hydroxylation is 2. The Morgan fingerprint density at radius 3 is 2.48 bits per heavy atom. The third-order valence-electron chi connectivity index (χ3n) is 5.81. The maximum Gasteiger partial charge on any atom is 0.338 e. The van der Waals surface area contributed by atoms with E-state index < -0.39 is 17.7 Å². The van der Waals surface area contributed by atoms with Crippen molar-refractivity contribution in [2.24, 2.45) is 0 Å². The van der Waals surface area contributed by atoms with Crippen molar-refractivity contribution in [2.75, 3.05) is 17.7 Å². The van der Waals surface area contributed by atoms with E-state index in [1.54, 1.807) is 35.8 Å². The molecule has 0 saturated heterocycles. The minimum Gasteiger partial charge on any atom is -0.462 e. The first kappa shape index (κ1) is 28.5. The number of hydrogen-bond acceptors (Lipinski definition) is 7. The number of carbonyl (C=O) groups is 3. The van der Waals surface area contributed by atoms with Crippen LogP contribution in [0.4, 0.5) is 10.1 Å². The van der Waals surface area contributed by atoms with E-state index >= 15 is 0 Å². The van der Waals surface area contributed by atoms with Crippen LogP contribution in [0, 0.1) is 19.7 Å². The van der Waals surface area contributed by atoms with Crippen molar-refractivity contribution < 1.29 is 23.5 Å². The molecule has 0 saturated carbocycles. The van der Waals surface area contributed by atoms with Gasteiger partial charge in [0.2, 0.25) is 5.91 Å². The Morgan fingerprint density at radius 2 is 1.75 bits per heavy atom. The topological polar surface area (TPSA) is 115 Å². The molecular weight excluding hydrogens is 533 g/mol. The number of aromatic nitrogens is 3. The van der Waals surface area contributed by atoms with Crippen molar-refractivity contribution >= 4 is 35.2 Å². The minimum atomic E-state index is -0.502.